The second-order valence-corrected chi connectivity index (χ2v) is 5.95. The minimum atomic E-state index is 0.0653. The highest BCUT2D eigenvalue weighted by atomic mass is 35.5. The molecule has 0 spiro atoms. The van der Waals surface area contributed by atoms with Crippen LogP contribution in [0.3, 0.4) is 0 Å². The molecule has 4 heteroatoms. The minimum Gasteiger partial charge on any atom is -0.293 e. The summed E-state index contributed by atoms with van der Waals surface area (Å²) in [6.07, 6.45) is 4.70. The van der Waals surface area contributed by atoms with E-state index in [1.54, 1.807) is 18.2 Å². The highest BCUT2D eigenvalue weighted by molar-refractivity contribution is 6.36. The standard InChI is InChI=1S/C15H19Cl2NO/c1-2-3-8-18(12-5-6-12)10-15(19)13-9-11(16)4-7-14(13)17/h4,7,9,12H,2-3,5-6,8,10H2,1H3. The van der Waals surface area contributed by atoms with Crippen LogP contribution in [-0.2, 0) is 0 Å². The second-order valence-electron chi connectivity index (χ2n) is 5.10. The van der Waals surface area contributed by atoms with Gasteiger partial charge in [-0.25, -0.2) is 0 Å². The van der Waals surface area contributed by atoms with Gasteiger partial charge in [-0.3, -0.25) is 9.69 Å². The molecule has 1 aliphatic rings. The smallest absolute Gasteiger partial charge is 0.178 e. The highest BCUT2D eigenvalue weighted by Crippen LogP contribution is 2.28. The van der Waals surface area contributed by atoms with E-state index in [-0.39, 0.29) is 5.78 Å². The van der Waals surface area contributed by atoms with Crippen LogP contribution < -0.4 is 0 Å². The number of Topliss-reactive ketones (excluding diaryl/α,β-unsaturated/α-hetero) is 1. The molecule has 2 nitrogen and oxygen atoms in total. The van der Waals surface area contributed by atoms with E-state index >= 15 is 0 Å². The summed E-state index contributed by atoms with van der Waals surface area (Å²) >= 11 is 12.0. The zero-order valence-corrected chi connectivity index (χ0v) is 12.7. The summed E-state index contributed by atoms with van der Waals surface area (Å²) < 4.78 is 0. The molecule has 2 rings (SSSR count). The predicted octanol–water partition coefficient (Wildman–Crippen LogP) is 4.44. The highest BCUT2D eigenvalue weighted by Gasteiger charge is 2.30. The van der Waals surface area contributed by atoms with Crippen molar-refractivity contribution in [3.63, 3.8) is 0 Å². The molecule has 0 aromatic heterocycles. The molecular formula is C15H19Cl2NO. The van der Waals surface area contributed by atoms with Crippen LogP contribution >= 0.6 is 23.2 Å². The Morgan fingerprint density at radius 3 is 2.74 bits per heavy atom. The van der Waals surface area contributed by atoms with Crippen molar-refractivity contribution in [2.24, 2.45) is 0 Å². The van der Waals surface area contributed by atoms with Gasteiger partial charge in [0.2, 0.25) is 0 Å². The SMILES string of the molecule is CCCCN(CC(=O)c1cc(Cl)ccc1Cl)C1CC1. The Kier molecular flexibility index (Phi) is 5.26. The maximum Gasteiger partial charge on any atom is 0.178 e. The lowest BCUT2D eigenvalue weighted by Gasteiger charge is -2.21. The molecular weight excluding hydrogens is 281 g/mol. The summed E-state index contributed by atoms with van der Waals surface area (Å²) in [6.45, 7) is 3.61. The van der Waals surface area contributed by atoms with Gasteiger partial charge in [0.1, 0.15) is 0 Å². The van der Waals surface area contributed by atoms with Crippen molar-refractivity contribution in [3.05, 3.63) is 33.8 Å². The van der Waals surface area contributed by atoms with E-state index in [2.05, 4.69) is 11.8 Å². The van der Waals surface area contributed by atoms with E-state index in [0.29, 0.717) is 28.2 Å². The Morgan fingerprint density at radius 2 is 2.11 bits per heavy atom. The van der Waals surface area contributed by atoms with Gasteiger partial charge in [-0.05, 0) is 44.0 Å². The molecule has 0 saturated heterocycles. The van der Waals surface area contributed by atoms with Crippen LogP contribution in [0, 0.1) is 0 Å². The molecule has 1 saturated carbocycles. The Morgan fingerprint density at radius 1 is 1.37 bits per heavy atom. The molecule has 0 unspecified atom stereocenters. The summed E-state index contributed by atoms with van der Waals surface area (Å²) in [5.74, 6) is 0.0653. The van der Waals surface area contributed by atoms with Crippen LogP contribution in [0.2, 0.25) is 10.0 Å². The monoisotopic (exact) mass is 299 g/mol. The van der Waals surface area contributed by atoms with Gasteiger partial charge >= 0.3 is 0 Å². The molecule has 0 aliphatic heterocycles. The van der Waals surface area contributed by atoms with Crippen LogP contribution in [0.5, 0.6) is 0 Å². The summed E-state index contributed by atoms with van der Waals surface area (Å²) in [4.78, 5) is 14.6. The molecule has 1 aliphatic carbocycles. The second kappa shape index (κ2) is 6.74. The van der Waals surface area contributed by atoms with E-state index < -0.39 is 0 Å². The maximum atomic E-state index is 12.3. The Bertz CT molecular complexity index is 457. The van der Waals surface area contributed by atoms with Crippen molar-refractivity contribution >= 4 is 29.0 Å². The van der Waals surface area contributed by atoms with Crippen LogP contribution in [0.1, 0.15) is 43.0 Å². The Hall–Kier alpha value is -0.570. The van der Waals surface area contributed by atoms with E-state index in [9.17, 15) is 4.79 Å². The number of hydrogen-bond acceptors (Lipinski definition) is 2. The average Bonchev–Trinajstić information content (AvgIpc) is 3.21. The number of nitrogens with zero attached hydrogens (tertiary/aromatic N) is 1. The first-order chi connectivity index (χ1) is 9.11. The van der Waals surface area contributed by atoms with Gasteiger partial charge in [-0.15, -0.1) is 0 Å². The van der Waals surface area contributed by atoms with Gasteiger partial charge in [0.25, 0.3) is 0 Å². The number of hydrogen-bond donors (Lipinski definition) is 0. The first-order valence-corrected chi connectivity index (χ1v) is 7.59. The fourth-order valence-corrected chi connectivity index (χ4v) is 2.57. The van der Waals surface area contributed by atoms with Crippen molar-refractivity contribution in [2.45, 2.75) is 38.6 Å². The topological polar surface area (TPSA) is 20.3 Å². The molecule has 0 atom stereocenters. The van der Waals surface area contributed by atoms with E-state index in [4.69, 9.17) is 23.2 Å². The third-order valence-corrected chi connectivity index (χ3v) is 4.00. The zero-order chi connectivity index (χ0) is 13.8. The lowest BCUT2D eigenvalue weighted by atomic mass is 10.1. The number of carbonyl (C=O) groups is 1. The van der Waals surface area contributed by atoms with Crippen LogP contribution in [0.25, 0.3) is 0 Å². The molecule has 0 N–H and O–H groups in total. The van der Waals surface area contributed by atoms with Crippen LogP contribution in [0.15, 0.2) is 18.2 Å². The first-order valence-electron chi connectivity index (χ1n) is 6.84. The van der Waals surface area contributed by atoms with Crippen molar-refractivity contribution in [2.75, 3.05) is 13.1 Å². The molecule has 1 fully saturated rings. The molecule has 104 valence electrons. The summed E-state index contributed by atoms with van der Waals surface area (Å²) in [5.41, 5.74) is 0.538. The summed E-state index contributed by atoms with van der Waals surface area (Å²) in [6, 6.07) is 5.64. The van der Waals surface area contributed by atoms with Crippen molar-refractivity contribution < 1.29 is 4.79 Å². The predicted molar refractivity (Wildman–Crippen MR) is 80.3 cm³/mol. The van der Waals surface area contributed by atoms with Gasteiger partial charge in [0.05, 0.1) is 11.6 Å². The third-order valence-electron chi connectivity index (χ3n) is 3.44. The lowest BCUT2D eigenvalue weighted by Crippen LogP contribution is -2.33. The number of unbranched alkanes of at least 4 members (excludes halogenated alkanes) is 1. The number of carbonyl (C=O) groups excluding carboxylic acids is 1. The average molecular weight is 300 g/mol. The molecule has 1 aromatic rings. The Labute approximate surface area is 124 Å². The fourth-order valence-electron chi connectivity index (χ4n) is 2.17. The number of ketones is 1. The summed E-state index contributed by atoms with van der Waals surface area (Å²) in [7, 11) is 0. The largest absolute Gasteiger partial charge is 0.293 e. The minimum absolute atomic E-state index is 0.0653. The molecule has 0 heterocycles. The van der Waals surface area contributed by atoms with Crippen molar-refractivity contribution in [1.82, 2.24) is 4.90 Å². The fraction of sp³-hybridized carbons (Fsp3) is 0.533. The van der Waals surface area contributed by atoms with Gasteiger partial charge in [0, 0.05) is 16.6 Å². The Balaban J connectivity index is 2.03. The number of benzene rings is 1. The third kappa shape index (κ3) is 4.20. The quantitative estimate of drug-likeness (QED) is 0.694. The lowest BCUT2D eigenvalue weighted by molar-refractivity contribution is 0.0923. The normalized spacial score (nSPS) is 14.9. The van der Waals surface area contributed by atoms with Gasteiger partial charge < -0.3 is 0 Å². The number of rotatable bonds is 7. The van der Waals surface area contributed by atoms with Gasteiger partial charge in [0.15, 0.2) is 5.78 Å². The maximum absolute atomic E-state index is 12.3. The van der Waals surface area contributed by atoms with Gasteiger partial charge in [-0.1, -0.05) is 36.5 Å². The molecule has 0 bridgehead atoms. The molecule has 0 radical (unpaired) electrons. The van der Waals surface area contributed by atoms with E-state index in [1.165, 1.54) is 12.8 Å². The first kappa shape index (κ1) is 14.8. The van der Waals surface area contributed by atoms with E-state index in [1.807, 2.05) is 0 Å². The van der Waals surface area contributed by atoms with E-state index in [0.717, 1.165) is 19.4 Å². The van der Waals surface area contributed by atoms with Crippen molar-refractivity contribution in [3.8, 4) is 0 Å². The molecule has 1 aromatic carbocycles. The molecule has 19 heavy (non-hydrogen) atoms. The zero-order valence-electron chi connectivity index (χ0n) is 11.2. The number of halogens is 2. The van der Waals surface area contributed by atoms with Crippen molar-refractivity contribution in [1.29, 1.82) is 0 Å². The van der Waals surface area contributed by atoms with Crippen LogP contribution in [0.4, 0.5) is 0 Å². The molecule has 0 amide bonds. The van der Waals surface area contributed by atoms with Gasteiger partial charge in [-0.2, -0.15) is 0 Å². The summed E-state index contributed by atoms with van der Waals surface area (Å²) in [5, 5.41) is 1.04. The van der Waals surface area contributed by atoms with Crippen LogP contribution in [-0.4, -0.2) is 29.8 Å².